The number of hydrogen-bond donors (Lipinski definition) is 1. The van der Waals surface area contributed by atoms with Gasteiger partial charge in [-0.3, -0.25) is 0 Å². The predicted molar refractivity (Wildman–Crippen MR) is 53.7 cm³/mol. The summed E-state index contributed by atoms with van der Waals surface area (Å²) in [6.45, 7) is 4.12. The fourth-order valence-electron chi connectivity index (χ4n) is 3.44. The molecule has 3 rings (SSSR count). The van der Waals surface area contributed by atoms with E-state index in [0.29, 0.717) is 0 Å². The molecule has 0 aromatic heterocycles. The van der Waals surface area contributed by atoms with Crippen LogP contribution in [0.15, 0.2) is 0 Å². The SMILES string of the molecule is C1CCN(CC2CC3CCC2N3)C1. The van der Waals surface area contributed by atoms with E-state index in [-0.39, 0.29) is 0 Å². The van der Waals surface area contributed by atoms with Crippen molar-refractivity contribution in [2.24, 2.45) is 5.92 Å². The number of fused-ring (bicyclic) bond motifs is 2. The Morgan fingerprint density at radius 2 is 2.00 bits per heavy atom. The van der Waals surface area contributed by atoms with Crippen molar-refractivity contribution < 1.29 is 0 Å². The highest BCUT2D eigenvalue weighted by molar-refractivity contribution is 4.98. The fraction of sp³-hybridized carbons (Fsp3) is 1.00. The van der Waals surface area contributed by atoms with Crippen LogP contribution >= 0.6 is 0 Å². The van der Waals surface area contributed by atoms with E-state index in [1.165, 1.54) is 51.7 Å². The minimum Gasteiger partial charge on any atom is -0.311 e. The molecule has 3 fully saturated rings. The predicted octanol–water partition coefficient (Wildman–Crippen LogP) is 1.22. The molecule has 0 aromatic rings. The van der Waals surface area contributed by atoms with Gasteiger partial charge in [-0.1, -0.05) is 0 Å². The number of hydrogen-bond acceptors (Lipinski definition) is 2. The molecule has 3 unspecified atom stereocenters. The van der Waals surface area contributed by atoms with Crippen LogP contribution in [0.25, 0.3) is 0 Å². The molecule has 2 heteroatoms. The molecule has 0 aliphatic carbocycles. The third kappa shape index (κ3) is 1.50. The number of nitrogens with one attached hydrogen (secondary N) is 1. The Labute approximate surface area is 80.7 Å². The lowest BCUT2D eigenvalue weighted by atomic mass is 9.89. The molecule has 0 amide bonds. The van der Waals surface area contributed by atoms with Crippen molar-refractivity contribution in [2.45, 2.75) is 44.2 Å². The standard InChI is InChI=1S/C11H20N2/c1-2-6-13(5-1)8-9-7-10-3-4-11(9)12-10/h9-12H,1-8H2. The molecule has 3 heterocycles. The summed E-state index contributed by atoms with van der Waals surface area (Å²) < 4.78 is 0. The first-order valence-corrected chi connectivity index (χ1v) is 5.90. The first kappa shape index (κ1) is 8.25. The topological polar surface area (TPSA) is 15.3 Å². The molecular weight excluding hydrogens is 160 g/mol. The van der Waals surface area contributed by atoms with Crippen molar-refractivity contribution >= 4 is 0 Å². The second-order valence-corrected chi connectivity index (χ2v) is 5.05. The van der Waals surface area contributed by atoms with Crippen molar-refractivity contribution in [3.05, 3.63) is 0 Å². The molecule has 3 aliphatic heterocycles. The van der Waals surface area contributed by atoms with Gasteiger partial charge in [-0.2, -0.15) is 0 Å². The van der Waals surface area contributed by atoms with Gasteiger partial charge >= 0.3 is 0 Å². The van der Waals surface area contributed by atoms with Crippen molar-refractivity contribution in [3.8, 4) is 0 Å². The van der Waals surface area contributed by atoms with Gasteiger partial charge < -0.3 is 10.2 Å². The molecule has 0 aromatic carbocycles. The third-order valence-corrected chi connectivity index (χ3v) is 4.12. The first-order valence-electron chi connectivity index (χ1n) is 5.90. The third-order valence-electron chi connectivity index (χ3n) is 4.12. The van der Waals surface area contributed by atoms with Crippen molar-refractivity contribution in [2.75, 3.05) is 19.6 Å². The zero-order valence-electron chi connectivity index (χ0n) is 8.34. The summed E-state index contributed by atoms with van der Waals surface area (Å²) in [6.07, 6.45) is 7.23. The Hall–Kier alpha value is -0.0800. The van der Waals surface area contributed by atoms with Gasteiger partial charge in [-0.15, -0.1) is 0 Å². The molecule has 2 bridgehead atoms. The van der Waals surface area contributed by atoms with E-state index in [2.05, 4.69) is 10.2 Å². The van der Waals surface area contributed by atoms with Gasteiger partial charge in [-0.05, 0) is 51.1 Å². The van der Waals surface area contributed by atoms with Crippen LogP contribution in [0, 0.1) is 5.92 Å². The normalized spacial score (nSPS) is 44.8. The van der Waals surface area contributed by atoms with Crippen LogP contribution in [0.3, 0.4) is 0 Å². The monoisotopic (exact) mass is 180 g/mol. The zero-order valence-corrected chi connectivity index (χ0v) is 8.34. The smallest absolute Gasteiger partial charge is 0.0111 e. The van der Waals surface area contributed by atoms with E-state index in [1.54, 1.807) is 0 Å². The highest BCUT2D eigenvalue weighted by Gasteiger charge is 2.39. The molecular formula is C11H20N2. The lowest BCUT2D eigenvalue weighted by molar-refractivity contribution is 0.249. The maximum Gasteiger partial charge on any atom is 0.0111 e. The summed E-state index contributed by atoms with van der Waals surface area (Å²) >= 11 is 0. The largest absolute Gasteiger partial charge is 0.311 e. The highest BCUT2D eigenvalue weighted by Crippen LogP contribution is 2.34. The Morgan fingerprint density at radius 1 is 1.15 bits per heavy atom. The lowest BCUT2D eigenvalue weighted by Crippen LogP contribution is -2.33. The highest BCUT2D eigenvalue weighted by atomic mass is 15.2. The van der Waals surface area contributed by atoms with E-state index in [4.69, 9.17) is 0 Å². The van der Waals surface area contributed by atoms with Gasteiger partial charge in [-0.25, -0.2) is 0 Å². The van der Waals surface area contributed by atoms with Crippen LogP contribution in [0.1, 0.15) is 32.1 Å². The van der Waals surface area contributed by atoms with Gasteiger partial charge in [0.2, 0.25) is 0 Å². The lowest BCUT2D eigenvalue weighted by Gasteiger charge is -2.25. The summed E-state index contributed by atoms with van der Waals surface area (Å²) in [5, 5.41) is 3.73. The molecule has 74 valence electrons. The van der Waals surface area contributed by atoms with Crippen LogP contribution < -0.4 is 5.32 Å². The van der Waals surface area contributed by atoms with Gasteiger partial charge in [0.25, 0.3) is 0 Å². The average Bonchev–Trinajstić information content (AvgIpc) is 2.77. The summed E-state index contributed by atoms with van der Waals surface area (Å²) in [6, 6.07) is 1.77. The van der Waals surface area contributed by atoms with Gasteiger partial charge in [0.1, 0.15) is 0 Å². The van der Waals surface area contributed by atoms with Crippen molar-refractivity contribution in [1.29, 1.82) is 0 Å². The van der Waals surface area contributed by atoms with Gasteiger partial charge in [0.05, 0.1) is 0 Å². The Morgan fingerprint density at radius 3 is 2.62 bits per heavy atom. The van der Waals surface area contributed by atoms with Gasteiger partial charge in [0, 0.05) is 18.6 Å². The number of likely N-dealkylation sites (tertiary alicyclic amines) is 1. The minimum atomic E-state index is 0.880. The molecule has 13 heavy (non-hydrogen) atoms. The van der Waals surface area contributed by atoms with Crippen LogP contribution in [-0.4, -0.2) is 36.6 Å². The summed E-state index contributed by atoms with van der Waals surface area (Å²) in [5.74, 6) is 0.983. The van der Waals surface area contributed by atoms with Crippen LogP contribution in [0.4, 0.5) is 0 Å². The molecule has 3 saturated heterocycles. The van der Waals surface area contributed by atoms with Crippen molar-refractivity contribution in [1.82, 2.24) is 10.2 Å². The Bertz CT molecular complexity index is 187. The summed E-state index contributed by atoms with van der Waals surface area (Å²) in [7, 11) is 0. The molecule has 2 nitrogen and oxygen atoms in total. The maximum atomic E-state index is 3.73. The fourth-order valence-corrected chi connectivity index (χ4v) is 3.44. The van der Waals surface area contributed by atoms with Crippen LogP contribution in [0.5, 0.6) is 0 Å². The van der Waals surface area contributed by atoms with E-state index in [1.807, 2.05) is 0 Å². The molecule has 0 saturated carbocycles. The van der Waals surface area contributed by atoms with E-state index < -0.39 is 0 Å². The summed E-state index contributed by atoms with van der Waals surface area (Å²) in [5.41, 5.74) is 0. The zero-order chi connectivity index (χ0) is 8.67. The van der Waals surface area contributed by atoms with E-state index in [9.17, 15) is 0 Å². The number of rotatable bonds is 2. The van der Waals surface area contributed by atoms with Gasteiger partial charge in [0.15, 0.2) is 0 Å². The second-order valence-electron chi connectivity index (χ2n) is 5.05. The number of nitrogens with zero attached hydrogens (tertiary/aromatic N) is 1. The minimum absolute atomic E-state index is 0.880. The maximum absolute atomic E-state index is 3.73. The molecule has 0 radical (unpaired) electrons. The first-order chi connectivity index (χ1) is 6.42. The quantitative estimate of drug-likeness (QED) is 0.687. The molecule has 3 aliphatic rings. The second kappa shape index (κ2) is 3.25. The molecule has 1 N–H and O–H groups in total. The molecule has 0 spiro atoms. The van der Waals surface area contributed by atoms with Crippen LogP contribution in [0.2, 0.25) is 0 Å². The van der Waals surface area contributed by atoms with E-state index in [0.717, 1.165) is 18.0 Å². The Balaban J connectivity index is 1.55. The molecule has 3 atom stereocenters. The van der Waals surface area contributed by atoms with Crippen LogP contribution in [-0.2, 0) is 0 Å². The Kier molecular flexibility index (Phi) is 2.06. The van der Waals surface area contributed by atoms with Crippen molar-refractivity contribution in [3.63, 3.8) is 0 Å². The summed E-state index contributed by atoms with van der Waals surface area (Å²) in [4.78, 5) is 2.67. The van der Waals surface area contributed by atoms with E-state index >= 15 is 0 Å². The average molecular weight is 180 g/mol.